The molecule has 0 spiro atoms. The molecule has 20 heteroatoms. The maximum atomic E-state index is 13.8. The molecule has 0 N–H and O–H groups in total. The van der Waals surface area contributed by atoms with Crippen LogP contribution in [0.4, 0.5) is 11.4 Å². The van der Waals surface area contributed by atoms with E-state index >= 15 is 0 Å². The first-order valence-electron chi connectivity index (χ1n) is 25.3. The zero-order chi connectivity index (χ0) is 52.5. The van der Waals surface area contributed by atoms with Gasteiger partial charge in [0.05, 0.1) is 120 Å². The van der Waals surface area contributed by atoms with Crippen LogP contribution in [0.1, 0.15) is 72.6 Å². The van der Waals surface area contributed by atoms with Gasteiger partial charge in [-0.3, -0.25) is 29.5 Å². The van der Waals surface area contributed by atoms with Crippen LogP contribution in [-0.2, 0) is 36.9 Å². The molecule has 1 unspecified atom stereocenters. The van der Waals surface area contributed by atoms with Gasteiger partial charge in [-0.25, -0.2) is 11.6 Å². The van der Waals surface area contributed by atoms with Crippen molar-refractivity contribution in [1.29, 1.82) is 0 Å². The van der Waals surface area contributed by atoms with Gasteiger partial charge in [0.15, 0.2) is 30.1 Å². The van der Waals surface area contributed by atoms with Crippen molar-refractivity contribution < 1.29 is 57.0 Å². The van der Waals surface area contributed by atoms with Crippen LogP contribution in [0.25, 0.3) is 0 Å². The van der Waals surface area contributed by atoms with Gasteiger partial charge in [0.1, 0.15) is 25.6 Å². The highest BCUT2D eigenvalue weighted by Crippen LogP contribution is 2.41. The van der Waals surface area contributed by atoms with Gasteiger partial charge in [0.25, 0.3) is 11.8 Å². The van der Waals surface area contributed by atoms with E-state index in [4.69, 9.17) is 62.3 Å². The van der Waals surface area contributed by atoms with Crippen molar-refractivity contribution in [1.82, 2.24) is 19.7 Å². The summed E-state index contributed by atoms with van der Waals surface area (Å²) in [5.41, 5.74) is 5.47. The van der Waals surface area contributed by atoms with Crippen molar-refractivity contribution in [2.24, 2.45) is 9.98 Å². The second-order valence-corrected chi connectivity index (χ2v) is 20.3. The molecule has 74 heavy (non-hydrogen) atoms. The number of hydrogen-bond acceptors (Lipinski definition) is 17. The van der Waals surface area contributed by atoms with Crippen molar-refractivity contribution in [2.75, 3.05) is 120 Å². The third-order valence-electron chi connectivity index (χ3n) is 13.2. The number of hydrogen-bond donors (Lipinski definition) is 0. The highest BCUT2D eigenvalue weighted by atomic mass is 32.2. The van der Waals surface area contributed by atoms with Gasteiger partial charge in [0.2, 0.25) is 0 Å². The lowest BCUT2D eigenvalue weighted by Crippen LogP contribution is -2.40. The molecule has 2 amide bonds. The number of fused-ring (bicyclic) bond motifs is 4. The average Bonchev–Trinajstić information content (AvgIpc) is 3.98. The van der Waals surface area contributed by atoms with Gasteiger partial charge < -0.3 is 57.2 Å². The predicted molar refractivity (Wildman–Crippen MR) is 289 cm³/mol. The van der Waals surface area contributed by atoms with E-state index in [0.29, 0.717) is 155 Å². The summed E-state index contributed by atoms with van der Waals surface area (Å²) in [5.74, 6) is 2.00. The minimum Gasteiger partial charge on any atom is -0.493 e. The van der Waals surface area contributed by atoms with Crippen LogP contribution in [0.3, 0.4) is 0 Å². The molecule has 2 aromatic carbocycles. The number of nitrogens with zero attached hydrogens (tertiary/aromatic N) is 6. The monoisotopic (exact) mass is 1040 g/mol. The molecule has 0 bridgehead atoms. The molecular formula is C54H73BN6O12S. The number of rotatable bonds is 30. The summed E-state index contributed by atoms with van der Waals surface area (Å²) in [6, 6.07) is 10.4. The number of benzene rings is 2. The van der Waals surface area contributed by atoms with Crippen molar-refractivity contribution in [3.63, 3.8) is 0 Å². The number of aromatic nitrogens is 1. The molecule has 4 aliphatic heterocycles. The maximum absolute atomic E-state index is 13.8. The fourth-order valence-corrected chi connectivity index (χ4v) is 9.26. The van der Waals surface area contributed by atoms with Crippen LogP contribution < -0.4 is 23.7 Å². The minimum absolute atomic E-state index is 0.00637. The lowest BCUT2D eigenvalue weighted by molar-refractivity contribution is -0.00952. The smallest absolute Gasteiger partial charge is 0.257 e. The predicted octanol–water partition coefficient (Wildman–Crippen LogP) is 6.46. The molecule has 3 aromatic rings. The Morgan fingerprint density at radius 3 is 1.54 bits per heavy atom. The van der Waals surface area contributed by atoms with Crippen LogP contribution >= 0.6 is 11.6 Å². The summed E-state index contributed by atoms with van der Waals surface area (Å²) in [7, 11) is 6.86. The minimum atomic E-state index is -0.114. The van der Waals surface area contributed by atoms with Gasteiger partial charge in [-0.05, 0) is 38.8 Å². The van der Waals surface area contributed by atoms with Crippen molar-refractivity contribution >= 4 is 54.4 Å². The van der Waals surface area contributed by atoms with E-state index in [-0.39, 0.29) is 41.9 Å². The van der Waals surface area contributed by atoms with Crippen LogP contribution in [0.2, 0.25) is 0 Å². The van der Waals surface area contributed by atoms with E-state index in [1.54, 1.807) is 45.6 Å². The van der Waals surface area contributed by atoms with Crippen LogP contribution in [0, 0.1) is 0 Å². The Balaban J connectivity index is 1.03. The molecule has 2 saturated heterocycles. The third kappa shape index (κ3) is 15.3. The maximum Gasteiger partial charge on any atom is 0.257 e. The summed E-state index contributed by atoms with van der Waals surface area (Å²) >= 11 is 1.81. The summed E-state index contributed by atoms with van der Waals surface area (Å²) in [5, 5.41) is 0. The zero-order valence-electron chi connectivity index (χ0n) is 44.4. The Morgan fingerprint density at radius 2 is 1.09 bits per heavy atom. The van der Waals surface area contributed by atoms with Crippen molar-refractivity contribution in [3.05, 3.63) is 82.2 Å². The lowest BCUT2D eigenvalue weighted by atomic mass is 10.1. The van der Waals surface area contributed by atoms with Crippen LogP contribution in [0.15, 0.2) is 69.7 Å². The first-order chi connectivity index (χ1) is 36.0. The van der Waals surface area contributed by atoms with E-state index in [0.717, 1.165) is 19.4 Å². The van der Waals surface area contributed by atoms with Crippen molar-refractivity contribution in [3.8, 4) is 28.7 Å². The number of carbonyl (C=O) groups is 2. The van der Waals surface area contributed by atoms with Gasteiger partial charge in [-0.1, -0.05) is 37.1 Å². The number of amides is 2. The number of ether oxygens (including phenoxy) is 10. The Labute approximate surface area is 441 Å². The molecule has 2 fully saturated rings. The molecular weight excluding hydrogens is 968 g/mol. The number of carbonyl (C=O) groups excluding carboxylic acids is 2. The van der Waals surface area contributed by atoms with Crippen molar-refractivity contribution in [2.45, 2.75) is 70.6 Å². The molecule has 18 nitrogen and oxygen atoms in total. The SMILES string of the molecule is BSC(C)(C)CN(CCOCCOCCOCCOCCOC)CCOc1cc(COc2cc3c(cc2OC)C(=O)N2C/C(=C/C)CC2C=N3)nc(COc2cc3c(cc2OC)C(=O)N2C/C(=C/C)C[C@H]2C=N3)c1. The van der Waals surface area contributed by atoms with E-state index in [1.165, 1.54) is 11.1 Å². The third-order valence-corrected chi connectivity index (χ3v) is 14.4. The molecule has 4 aliphatic rings. The fraction of sp³-hybridized carbons (Fsp3) is 0.537. The number of allylic oxidation sites excluding steroid dienone is 2. The Morgan fingerprint density at radius 1 is 0.635 bits per heavy atom. The summed E-state index contributed by atoms with van der Waals surface area (Å²) in [4.78, 5) is 48.1. The van der Waals surface area contributed by atoms with Gasteiger partial charge in [0, 0.05) is 81.3 Å². The van der Waals surface area contributed by atoms with E-state index < -0.39 is 0 Å². The van der Waals surface area contributed by atoms with Crippen LogP contribution in [0.5, 0.6) is 28.7 Å². The van der Waals surface area contributed by atoms with Gasteiger partial charge >= 0.3 is 0 Å². The Hall–Kier alpha value is -5.48. The standard InChI is InChI=1S/C54H73BN6O12S/c1-8-37-22-41-30-56-46-28-50(48(65-6)26-44(46)52(62)60(41)32-37)72-34-39-24-43(71-13-11-59(36-54(3,4)74-55)10-12-67-16-17-69-20-21-70-19-18-68-15-14-64-5)25-40(58-39)35-73-51-29-47-45(27-49(51)66-7)53(63)61-33-38(9-2)23-42(61)31-57-47/h8-9,24-31,41-42H,10-23,32-36,55H2,1-7H3/b37-8+,38-9+/t41-,42?/m0/s1. The summed E-state index contributed by atoms with van der Waals surface area (Å²) < 4.78 is 58.6. The second-order valence-electron chi connectivity index (χ2n) is 18.8. The summed E-state index contributed by atoms with van der Waals surface area (Å²) in [6.07, 6.45) is 9.32. The average molecular weight is 1040 g/mol. The topological polar surface area (TPSA) is 174 Å². The number of pyridine rings is 1. The van der Waals surface area contributed by atoms with Crippen LogP contribution in [-0.4, -0.2) is 188 Å². The highest BCUT2D eigenvalue weighted by Gasteiger charge is 2.36. The molecule has 0 aliphatic carbocycles. The Kier molecular flexibility index (Phi) is 21.2. The molecule has 1 aromatic heterocycles. The molecule has 5 heterocycles. The zero-order valence-corrected chi connectivity index (χ0v) is 45.2. The fourth-order valence-electron chi connectivity index (χ4n) is 8.95. The quantitative estimate of drug-likeness (QED) is 0.0404. The molecule has 7 rings (SSSR count). The van der Waals surface area contributed by atoms with E-state index in [2.05, 4.69) is 38.0 Å². The van der Waals surface area contributed by atoms with E-state index in [9.17, 15) is 9.59 Å². The second kappa shape index (κ2) is 27.9. The first-order valence-corrected chi connectivity index (χ1v) is 26.6. The summed E-state index contributed by atoms with van der Waals surface area (Å²) in [6.45, 7) is 16.8. The molecule has 0 saturated carbocycles. The molecule has 400 valence electrons. The lowest BCUT2D eigenvalue weighted by Gasteiger charge is -2.31. The number of aliphatic imine (C=N–C) groups is 2. The first kappa shape index (κ1) is 56.3. The largest absolute Gasteiger partial charge is 0.493 e. The molecule has 0 radical (unpaired) electrons. The number of methoxy groups -OCH3 is 3. The Bertz CT molecular complexity index is 2370. The van der Waals surface area contributed by atoms with Gasteiger partial charge in [-0.2, -0.15) is 0 Å². The highest BCUT2D eigenvalue weighted by molar-refractivity contribution is 8.20. The normalized spacial score (nSPS) is 18.2. The molecule has 2 atom stereocenters. The van der Waals surface area contributed by atoms with Gasteiger partial charge in [-0.15, -0.1) is 0 Å². The van der Waals surface area contributed by atoms with E-state index in [1.807, 2.05) is 59.8 Å².